The Morgan fingerprint density at radius 3 is 2.27 bits per heavy atom. The predicted octanol–water partition coefficient (Wildman–Crippen LogP) is 2.10. The highest BCUT2D eigenvalue weighted by atomic mass is 35.5. The third kappa shape index (κ3) is 3.94. The molecule has 0 spiro atoms. The number of nitrogens with two attached hydrogens (primary N) is 1. The van der Waals surface area contributed by atoms with Crippen LogP contribution in [0.3, 0.4) is 0 Å². The van der Waals surface area contributed by atoms with Crippen molar-refractivity contribution in [1.29, 1.82) is 0 Å². The van der Waals surface area contributed by atoms with E-state index in [4.69, 9.17) is 17.4 Å². The Labute approximate surface area is 132 Å². The Morgan fingerprint density at radius 2 is 1.64 bits per heavy atom. The zero-order valence-electron chi connectivity index (χ0n) is 11.5. The predicted molar refractivity (Wildman–Crippen MR) is 85.7 cm³/mol. The van der Waals surface area contributed by atoms with Gasteiger partial charge in [0.25, 0.3) is 11.8 Å². The Kier molecular flexibility index (Phi) is 5.30. The summed E-state index contributed by atoms with van der Waals surface area (Å²) in [6, 6.07) is 15.5. The van der Waals surface area contributed by atoms with E-state index in [-0.39, 0.29) is 5.70 Å². The maximum Gasteiger partial charge on any atom is 0.281 e. The molecular weight excluding hydrogens is 302 g/mol. The van der Waals surface area contributed by atoms with Crippen LogP contribution in [-0.4, -0.2) is 11.8 Å². The van der Waals surface area contributed by atoms with Gasteiger partial charge < -0.3 is 5.32 Å². The van der Waals surface area contributed by atoms with Crippen LogP contribution in [0, 0.1) is 0 Å². The molecule has 0 aliphatic carbocycles. The molecule has 0 unspecified atom stereocenters. The smallest absolute Gasteiger partial charge is 0.281 e. The number of carbonyl (C=O) groups is 2. The number of hydrogen-bond acceptors (Lipinski definition) is 3. The summed E-state index contributed by atoms with van der Waals surface area (Å²) in [7, 11) is 0. The molecule has 0 radical (unpaired) electrons. The van der Waals surface area contributed by atoms with Crippen LogP contribution in [0.25, 0.3) is 6.08 Å². The van der Waals surface area contributed by atoms with Gasteiger partial charge in [0.2, 0.25) is 0 Å². The topological polar surface area (TPSA) is 84.2 Å². The maximum absolute atomic E-state index is 12.1. The van der Waals surface area contributed by atoms with E-state index in [9.17, 15) is 9.59 Å². The Morgan fingerprint density at radius 1 is 1.00 bits per heavy atom. The van der Waals surface area contributed by atoms with Gasteiger partial charge in [0, 0.05) is 10.6 Å². The van der Waals surface area contributed by atoms with E-state index < -0.39 is 11.8 Å². The molecule has 2 aromatic rings. The molecule has 0 fully saturated rings. The number of rotatable bonds is 4. The van der Waals surface area contributed by atoms with E-state index in [1.807, 2.05) is 5.43 Å². The van der Waals surface area contributed by atoms with Gasteiger partial charge in [0.15, 0.2) is 0 Å². The van der Waals surface area contributed by atoms with E-state index >= 15 is 0 Å². The molecule has 0 aromatic heterocycles. The number of carbonyl (C=O) groups excluding carboxylic acids is 2. The molecule has 2 aromatic carbocycles. The van der Waals surface area contributed by atoms with Crippen molar-refractivity contribution in [3.8, 4) is 0 Å². The van der Waals surface area contributed by atoms with Crippen LogP contribution in [0.4, 0.5) is 0 Å². The minimum Gasteiger partial charge on any atom is -0.317 e. The van der Waals surface area contributed by atoms with E-state index in [0.29, 0.717) is 16.1 Å². The lowest BCUT2D eigenvalue weighted by atomic mass is 10.1. The minimum atomic E-state index is -0.621. The third-order valence-electron chi connectivity index (χ3n) is 2.86. The van der Waals surface area contributed by atoms with E-state index in [2.05, 4.69) is 5.32 Å². The maximum atomic E-state index is 12.1. The SMILES string of the molecule is NNC(=O)C(=Cc1ccccc1Cl)NC(=O)c1ccccc1. The van der Waals surface area contributed by atoms with Gasteiger partial charge in [-0.05, 0) is 29.8 Å². The zero-order valence-corrected chi connectivity index (χ0v) is 12.3. The first-order valence-corrected chi connectivity index (χ1v) is 6.83. The van der Waals surface area contributed by atoms with Gasteiger partial charge in [-0.15, -0.1) is 0 Å². The van der Waals surface area contributed by atoms with Crippen molar-refractivity contribution in [2.75, 3.05) is 0 Å². The highest BCUT2D eigenvalue weighted by Gasteiger charge is 2.14. The minimum absolute atomic E-state index is 0.00412. The third-order valence-corrected chi connectivity index (χ3v) is 3.21. The normalized spacial score (nSPS) is 10.9. The van der Waals surface area contributed by atoms with Crippen LogP contribution in [0.15, 0.2) is 60.3 Å². The molecular formula is C16H14ClN3O2. The molecule has 0 aliphatic heterocycles. The van der Waals surface area contributed by atoms with Crippen molar-refractivity contribution >= 4 is 29.5 Å². The van der Waals surface area contributed by atoms with Crippen molar-refractivity contribution in [2.45, 2.75) is 0 Å². The van der Waals surface area contributed by atoms with Gasteiger partial charge in [0.05, 0.1) is 0 Å². The second-order valence-corrected chi connectivity index (χ2v) is 4.78. The summed E-state index contributed by atoms with van der Waals surface area (Å²) in [5.74, 6) is 4.12. The van der Waals surface area contributed by atoms with Crippen LogP contribution in [0.5, 0.6) is 0 Å². The van der Waals surface area contributed by atoms with E-state index in [0.717, 1.165) is 0 Å². The van der Waals surface area contributed by atoms with Crippen LogP contribution in [0.2, 0.25) is 5.02 Å². The number of amides is 2. The highest BCUT2D eigenvalue weighted by Crippen LogP contribution is 2.17. The molecule has 0 aliphatic rings. The fraction of sp³-hybridized carbons (Fsp3) is 0. The molecule has 22 heavy (non-hydrogen) atoms. The number of benzene rings is 2. The summed E-state index contributed by atoms with van der Waals surface area (Å²) in [5.41, 5.74) is 3.02. The molecule has 0 heterocycles. The Hall–Kier alpha value is -2.63. The summed E-state index contributed by atoms with van der Waals surface area (Å²) in [6.07, 6.45) is 1.46. The first kappa shape index (κ1) is 15.8. The van der Waals surface area contributed by atoms with Gasteiger partial charge in [-0.1, -0.05) is 48.0 Å². The number of hydrogen-bond donors (Lipinski definition) is 3. The second kappa shape index (κ2) is 7.40. The van der Waals surface area contributed by atoms with E-state index in [1.54, 1.807) is 54.6 Å². The lowest BCUT2D eigenvalue weighted by Gasteiger charge is -2.09. The molecule has 4 N–H and O–H groups in total. The second-order valence-electron chi connectivity index (χ2n) is 4.37. The van der Waals surface area contributed by atoms with Crippen molar-refractivity contribution in [3.63, 3.8) is 0 Å². The largest absolute Gasteiger partial charge is 0.317 e. The molecule has 112 valence electrons. The number of hydrazine groups is 1. The average Bonchev–Trinajstić information content (AvgIpc) is 2.56. The summed E-state index contributed by atoms with van der Waals surface area (Å²) < 4.78 is 0. The monoisotopic (exact) mass is 315 g/mol. The summed E-state index contributed by atoms with van der Waals surface area (Å²) in [4.78, 5) is 24.0. The van der Waals surface area contributed by atoms with Crippen molar-refractivity contribution in [3.05, 3.63) is 76.4 Å². The summed E-state index contributed by atoms with van der Waals surface area (Å²) in [5, 5.41) is 2.99. The van der Waals surface area contributed by atoms with E-state index in [1.165, 1.54) is 6.08 Å². The van der Waals surface area contributed by atoms with Crippen LogP contribution >= 0.6 is 11.6 Å². The van der Waals surface area contributed by atoms with Gasteiger partial charge in [-0.3, -0.25) is 15.0 Å². The first-order valence-electron chi connectivity index (χ1n) is 6.45. The van der Waals surface area contributed by atoms with Gasteiger partial charge in [-0.2, -0.15) is 0 Å². The fourth-order valence-corrected chi connectivity index (χ4v) is 1.96. The van der Waals surface area contributed by atoms with Gasteiger partial charge >= 0.3 is 0 Å². The molecule has 0 saturated carbocycles. The molecule has 5 nitrogen and oxygen atoms in total. The van der Waals surface area contributed by atoms with Crippen molar-refractivity contribution in [1.82, 2.24) is 10.7 Å². The molecule has 0 saturated heterocycles. The Balaban J connectivity index is 2.30. The fourth-order valence-electron chi connectivity index (χ4n) is 1.77. The summed E-state index contributed by atoms with van der Waals surface area (Å²) in [6.45, 7) is 0. The quantitative estimate of drug-likeness (QED) is 0.349. The molecule has 0 bridgehead atoms. The van der Waals surface area contributed by atoms with Crippen LogP contribution in [-0.2, 0) is 4.79 Å². The molecule has 6 heteroatoms. The van der Waals surface area contributed by atoms with Crippen LogP contribution < -0.4 is 16.6 Å². The average molecular weight is 316 g/mol. The molecule has 2 amide bonds. The number of halogens is 1. The van der Waals surface area contributed by atoms with Crippen LogP contribution in [0.1, 0.15) is 15.9 Å². The lowest BCUT2D eigenvalue weighted by molar-refractivity contribution is -0.117. The van der Waals surface area contributed by atoms with Gasteiger partial charge in [0.1, 0.15) is 5.70 Å². The van der Waals surface area contributed by atoms with Crippen molar-refractivity contribution < 1.29 is 9.59 Å². The van der Waals surface area contributed by atoms with Gasteiger partial charge in [-0.25, -0.2) is 5.84 Å². The molecule has 2 rings (SSSR count). The number of nitrogens with one attached hydrogen (secondary N) is 2. The Bertz CT molecular complexity index is 714. The summed E-state index contributed by atoms with van der Waals surface area (Å²) >= 11 is 6.05. The van der Waals surface area contributed by atoms with Crippen molar-refractivity contribution in [2.24, 2.45) is 5.84 Å². The highest BCUT2D eigenvalue weighted by molar-refractivity contribution is 6.32. The molecule has 0 atom stereocenters. The lowest BCUT2D eigenvalue weighted by Crippen LogP contribution is -2.38. The zero-order chi connectivity index (χ0) is 15.9. The standard InChI is InChI=1S/C16H14ClN3O2/c17-13-9-5-4-8-12(13)10-14(16(22)20-18)19-15(21)11-6-2-1-3-7-11/h1-10H,18H2,(H,19,21)(H,20,22). The first-order chi connectivity index (χ1) is 10.6.